The fourth-order valence-electron chi connectivity index (χ4n) is 4.75. The van der Waals surface area contributed by atoms with Crippen molar-refractivity contribution in [1.29, 1.82) is 0 Å². The summed E-state index contributed by atoms with van der Waals surface area (Å²) in [6.07, 6.45) is 0. The number of hydrogen-bond donors (Lipinski definition) is 1. The summed E-state index contributed by atoms with van der Waals surface area (Å²) in [5.41, 5.74) is 0.848. The van der Waals surface area contributed by atoms with Crippen LogP contribution in [0.3, 0.4) is 0 Å². The van der Waals surface area contributed by atoms with E-state index in [-0.39, 0.29) is 0 Å². The fourth-order valence-corrected chi connectivity index (χ4v) is 4.75. The summed E-state index contributed by atoms with van der Waals surface area (Å²) in [4.78, 5) is 0. The molecule has 1 radical (unpaired) electrons. The summed E-state index contributed by atoms with van der Waals surface area (Å²) < 4.78 is 12.8. The zero-order valence-electron chi connectivity index (χ0n) is 19.8. The van der Waals surface area contributed by atoms with Crippen LogP contribution in [0.15, 0.2) is 83.3 Å². The molecule has 1 aromatic heterocycles. The number of rotatable bonds is 4. The van der Waals surface area contributed by atoms with Gasteiger partial charge >= 0.3 is 7.48 Å². The largest absolute Gasteiger partial charge is 0.455 e. The summed E-state index contributed by atoms with van der Waals surface area (Å²) in [5, 5.41) is 19.7. The van der Waals surface area contributed by atoms with Gasteiger partial charge in [-0.2, -0.15) is 0 Å². The van der Waals surface area contributed by atoms with Gasteiger partial charge in [0, 0.05) is 16.2 Å². The Kier molecular flexibility index (Phi) is 4.57. The molecule has 0 unspecified atom stereocenters. The first kappa shape index (κ1) is 21.2. The van der Waals surface area contributed by atoms with Crippen LogP contribution in [0.25, 0.3) is 54.3 Å². The summed E-state index contributed by atoms with van der Waals surface area (Å²) in [6.45, 7) is 7.34. The summed E-state index contributed by atoms with van der Waals surface area (Å²) in [7, 11) is 1.78. The average molecular weight is 445 g/mol. The molecule has 3 nitrogen and oxygen atoms in total. The topological polar surface area (TPSA) is 42.6 Å². The van der Waals surface area contributed by atoms with Crippen molar-refractivity contribution >= 4 is 67.2 Å². The van der Waals surface area contributed by atoms with Crippen LogP contribution in [0.5, 0.6) is 0 Å². The van der Waals surface area contributed by atoms with Crippen molar-refractivity contribution in [1.82, 2.24) is 0 Å². The Morgan fingerprint density at radius 2 is 1.21 bits per heavy atom. The number of benzene rings is 5. The molecule has 0 saturated heterocycles. The van der Waals surface area contributed by atoms with Crippen molar-refractivity contribution in [2.24, 2.45) is 0 Å². The second-order valence-corrected chi connectivity index (χ2v) is 10.1. The number of furan rings is 1. The van der Waals surface area contributed by atoms with Gasteiger partial charge in [0.1, 0.15) is 11.2 Å². The lowest BCUT2D eigenvalue weighted by Crippen LogP contribution is -2.49. The molecule has 0 atom stereocenters. The maximum atomic E-state index is 10.6. The highest BCUT2D eigenvalue weighted by atomic mass is 16.5. The molecule has 0 saturated carbocycles. The second kappa shape index (κ2) is 7.33. The van der Waals surface area contributed by atoms with Crippen LogP contribution in [0, 0.1) is 0 Å². The molecule has 1 heterocycles. The smallest absolute Gasteiger partial charge is 0.331 e. The van der Waals surface area contributed by atoms with Gasteiger partial charge in [0.25, 0.3) is 0 Å². The predicted molar refractivity (Wildman–Crippen MR) is 143 cm³/mol. The standard InChI is InChI=1S/C30H26BO3/c1-29(2,32)30(3,4)34-31-24-17-23-20-13-6-5-11-18(20)19-12-7-8-14-21(19)26(23)28-27(24)22-15-9-10-16-25(22)33-28/h5-17,32H,1-4H3. The molecule has 6 aromatic rings. The van der Waals surface area contributed by atoms with E-state index >= 15 is 0 Å². The molecular formula is C30H26BO3. The fraction of sp³-hybridized carbons (Fsp3) is 0.200. The van der Waals surface area contributed by atoms with Gasteiger partial charge < -0.3 is 14.2 Å². The number of para-hydroxylation sites is 1. The highest BCUT2D eigenvalue weighted by Gasteiger charge is 2.36. The zero-order chi connectivity index (χ0) is 23.7. The Hall–Kier alpha value is -3.34. The van der Waals surface area contributed by atoms with Gasteiger partial charge in [-0.15, -0.1) is 0 Å². The van der Waals surface area contributed by atoms with Crippen LogP contribution < -0.4 is 5.46 Å². The third-order valence-electron chi connectivity index (χ3n) is 7.34. The van der Waals surface area contributed by atoms with Crippen LogP contribution in [-0.4, -0.2) is 23.8 Å². The van der Waals surface area contributed by atoms with Crippen molar-refractivity contribution in [2.45, 2.75) is 38.9 Å². The lowest BCUT2D eigenvalue weighted by Gasteiger charge is -2.37. The first-order valence-corrected chi connectivity index (χ1v) is 11.7. The monoisotopic (exact) mass is 445 g/mol. The van der Waals surface area contributed by atoms with Gasteiger partial charge in [-0.3, -0.25) is 0 Å². The Bertz CT molecular complexity index is 1720. The molecule has 0 bridgehead atoms. The molecule has 1 N–H and O–H groups in total. The molecule has 0 aliphatic heterocycles. The molecule has 5 aromatic carbocycles. The molecule has 0 aliphatic rings. The van der Waals surface area contributed by atoms with E-state index in [1.54, 1.807) is 21.3 Å². The lowest BCUT2D eigenvalue weighted by atomic mass is 9.78. The molecule has 0 spiro atoms. The number of aliphatic hydroxyl groups is 1. The Morgan fingerprint density at radius 1 is 0.676 bits per heavy atom. The van der Waals surface area contributed by atoms with E-state index in [2.05, 4.69) is 60.7 Å². The molecule has 34 heavy (non-hydrogen) atoms. The van der Waals surface area contributed by atoms with E-state index in [1.165, 1.54) is 21.5 Å². The summed E-state index contributed by atoms with van der Waals surface area (Å²) in [6, 6.07) is 27.4. The quantitative estimate of drug-likeness (QED) is 0.238. The van der Waals surface area contributed by atoms with E-state index in [4.69, 9.17) is 9.07 Å². The zero-order valence-corrected chi connectivity index (χ0v) is 19.8. The van der Waals surface area contributed by atoms with Crippen LogP contribution in [-0.2, 0) is 4.65 Å². The Morgan fingerprint density at radius 3 is 1.85 bits per heavy atom. The van der Waals surface area contributed by atoms with Gasteiger partial charge in [-0.05, 0) is 66.2 Å². The van der Waals surface area contributed by atoms with Gasteiger partial charge in [0.05, 0.1) is 11.2 Å². The minimum absolute atomic E-state index is 0.778. The minimum atomic E-state index is -1.01. The van der Waals surface area contributed by atoms with E-state index in [1.807, 2.05) is 32.0 Å². The van der Waals surface area contributed by atoms with Crippen LogP contribution in [0.1, 0.15) is 27.7 Å². The van der Waals surface area contributed by atoms with Crippen molar-refractivity contribution < 1.29 is 14.2 Å². The molecule has 0 aliphatic carbocycles. The Labute approximate surface area is 199 Å². The molecule has 0 amide bonds. The molecular weight excluding hydrogens is 419 g/mol. The van der Waals surface area contributed by atoms with Crippen molar-refractivity contribution in [3.8, 4) is 0 Å². The minimum Gasteiger partial charge on any atom is -0.455 e. The molecule has 0 fully saturated rings. The maximum absolute atomic E-state index is 10.6. The summed E-state index contributed by atoms with van der Waals surface area (Å²) >= 11 is 0. The predicted octanol–water partition coefficient (Wildman–Crippen LogP) is 6.86. The Balaban J connectivity index is 1.76. The van der Waals surface area contributed by atoms with E-state index in [0.717, 1.165) is 38.2 Å². The molecule has 6 rings (SSSR count). The third kappa shape index (κ3) is 3.06. The van der Waals surface area contributed by atoms with Crippen molar-refractivity contribution in [3.05, 3.63) is 78.9 Å². The number of fused-ring (bicyclic) bond motifs is 10. The highest BCUT2D eigenvalue weighted by molar-refractivity contribution is 6.55. The third-order valence-corrected chi connectivity index (χ3v) is 7.34. The molecule has 167 valence electrons. The highest BCUT2D eigenvalue weighted by Crippen LogP contribution is 2.41. The summed E-state index contributed by atoms with van der Waals surface area (Å²) in [5.74, 6) is 0. The van der Waals surface area contributed by atoms with Crippen LogP contribution >= 0.6 is 0 Å². The SMILES string of the molecule is CC(C)(O)C(C)(C)O[B]c1cc2c3ccccc3c3ccccc3c2c2oc3ccccc3c12. The van der Waals surface area contributed by atoms with E-state index in [9.17, 15) is 5.11 Å². The van der Waals surface area contributed by atoms with E-state index < -0.39 is 11.2 Å². The lowest BCUT2D eigenvalue weighted by molar-refractivity contribution is -0.0893. The van der Waals surface area contributed by atoms with Crippen molar-refractivity contribution in [3.63, 3.8) is 0 Å². The molecule has 4 heteroatoms. The van der Waals surface area contributed by atoms with Gasteiger partial charge in [0.15, 0.2) is 0 Å². The maximum Gasteiger partial charge on any atom is 0.331 e. The second-order valence-electron chi connectivity index (χ2n) is 10.1. The van der Waals surface area contributed by atoms with Crippen LogP contribution in [0.2, 0.25) is 0 Å². The van der Waals surface area contributed by atoms with Gasteiger partial charge in [-0.25, -0.2) is 0 Å². The first-order valence-electron chi connectivity index (χ1n) is 11.7. The average Bonchev–Trinajstić information content (AvgIpc) is 3.21. The van der Waals surface area contributed by atoms with Gasteiger partial charge in [0.2, 0.25) is 0 Å². The van der Waals surface area contributed by atoms with Gasteiger partial charge in [-0.1, -0.05) is 72.8 Å². The van der Waals surface area contributed by atoms with Crippen LogP contribution in [0.4, 0.5) is 0 Å². The van der Waals surface area contributed by atoms with E-state index in [0.29, 0.717) is 0 Å². The normalized spacial score (nSPS) is 13.0. The first-order chi connectivity index (χ1) is 16.3. The van der Waals surface area contributed by atoms with Crippen molar-refractivity contribution in [2.75, 3.05) is 0 Å². The number of hydrogen-bond acceptors (Lipinski definition) is 3.